The van der Waals surface area contributed by atoms with Gasteiger partial charge in [-0.15, -0.1) is 0 Å². The van der Waals surface area contributed by atoms with Gasteiger partial charge in [0.2, 0.25) is 0 Å². The summed E-state index contributed by atoms with van der Waals surface area (Å²) >= 11 is 0. The van der Waals surface area contributed by atoms with E-state index in [1.807, 2.05) is 0 Å². The number of hydrogen-bond donors (Lipinski definition) is 1. The van der Waals surface area contributed by atoms with Gasteiger partial charge in [0, 0.05) is 7.11 Å². The second-order valence-corrected chi connectivity index (χ2v) is 0.716. The highest BCUT2D eigenvalue weighted by Crippen LogP contribution is 1.56. The van der Waals surface area contributed by atoms with Crippen molar-refractivity contribution in [2.75, 3.05) is 20.3 Å². The van der Waals surface area contributed by atoms with Crippen LogP contribution in [-0.4, -0.2) is 25.4 Å². The molecule has 0 atom stereocenters. The van der Waals surface area contributed by atoms with Crippen molar-refractivity contribution in [1.29, 1.82) is 0 Å². The Morgan fingerprint density at radius 2 is 2.17 bits per heavy atom. The van der Waals surface area contributed by atoms with E-state index in [1.54, 1.807) is 7.11 Å². The van der Waals surface area contributed by atoms with Gasteiger partial charge < -0.3 is 9.84 Å². The predicted molar refractivity (Wildman–Crippen MR) is 22.1 cm³/mol. The van der Waals surface area contributed by atoms with Gasteiger partial charge in [-0.2, -0.15) is 6.15 Å². The van der Waals surface area contributed by atoms with Crippen molar-refractivity contribution in [2.45, 2.75) is 0 Å². The molecule has 0 rings (SSSR count). The third-order valence-electron chi connectivity index (χ3n) is 0.295. The van der Waals surface area contributed by atoms with Gasteiger partial charge >= 0.3 is 0 Å². The molecular formula is C3H9NO2. The number of aliphatic hydroxyl groups excluding tert-OH is 1. The zero-order chi connectivity index (χ0) is 4.12. The lowest BCUT2D eigenvalue weighted by atomic mass is 10.8. The van der Waals surface area contributed by atoms with E-state index in [0.29, 0.717) is 6.61 Å². The monoisotopic (exact) mass is 91.1 g/mol. The molecule has 0 saturated carbocycles. The number of nitrogens with one attached hydrogen (secondary N) is 1. The molecule has 0 spiro atoms. The number of aliphatic hydroxyl groups is 1. The minimum atomic E-state index is 0. The maximum absolute atomic E-state index is 7.94. The summed E-state index contributed by atoms with van der Waals surface area (Å²) < 4.78 is 4.44. The van der Waals surface area contributed by atoms with Crippen molar-refractivity contribution < 1.29 is 9.84 Å². The van der Waals surface area contributed by atoms with Crippen molar-refractivity contribution in [3.63, 3.8) is 0 Å². The van der Waals surface area contributed by atoms with Crippen LogP contribution in [0, 0.1) is 0 Å². The quantitative estimate of drug-likeness (QED) is 0.491. The van der Waals surface area contributed by atoms with E-state index in [4.69, 9.17) is 5.11 Å². The molecule has 2 N–H and O–H groups in total. The first kappa shape index (κ1) is 9.30. The Morgan fingerprint density at radius 1 is 1.67 bits per heavy atom. The Balaban J connectivity index is 0. The van der Waals surface area contributed by atoms with Crippen LogP contribution in [0.25, 0.3) is 0 Å². The summed E-state index contributed by atoms with van der Waals surface area (Å²) in [7, 11) is 1.55. The fourth-order valence-corrected chi connectivity index (χ4v) is 0.0913. The molecule has 0 aromatic rings. The number of rotatable bonds is 2. The Bertz CT molecular complexity index is 16.3. The van der Waals surface area contributed by atoms with Crippen LogP contribution in [0.5, 0.6) is 0 Å². The Kier molecular flexibility index (Phi) is 13.7. The molecule has 3 heteroatoms. The topological polar surface area (TPSA) is 61.5 Å². The maximum Gasteiger partial charge on any atom is 0.0693 e. The molecule has 6 heavy (non-hydrogen) atoms. The van der Waals surface area contributed by atoms with Gasteiger partial charge in [-0.05, 0) is 0 Å². The highest BCUT2D eigenvalue weighted by molar-refractivity contribution is 4.12. The SMILES string of the molecule is COCCO.[NH]. The summed E-state index contributed by atoms with van der Waals surface area (Å²) in [5.74, 6) is 0. The van der Waals surface area contributed by atoms with Gasteiger partial charge in [-0.1, -0.05) is 0 Å². The summed E-state index contributed by atoms with van der Waals surface area (Å²) in [5, 5.41) is 7.94. The van der Waals surface area contributed by atoms with Crippen LogP contribution >= 0.6 is 0 Å². The molecule has 2 radical (unpaired) electrons. The third-order valence-corrected chi connectivity index (χ3v) is 0.295. The van der Waals surface area contributed by atoms with E-state index >= 15 is 0 Å². The van der Waals surface area contributed by atoms with Crippen molar-refractivity contribution in [2.24, 2.45) is 0 Å². The van der Waals surface area contributed by atoms with E-state index in [1.165, 1.54) is 0 Å². The van der Waals surface area contributed by atoms with Gasteiger partial charge in [-0.25, -0.2) is 0 Å². The molecule has 0 aromatic carbocycles. The lowest BCUT2D eigenvalue weighted by Crippen LogP contribution is -1.91. The third kappa shape index (κ3) is 9.11. The van der Waals surface area contributed by atoms with Crippen molar-refractivity contribution >= 4 is 0 Å². The second kappa shape index (κ2) is 8.86. The lowest BCUT2D eigenvalue weighted by molar-refractivity contribution is 0.135. The van der Waals surface area contributed by atoms with Gasteiger partial charge in [-0.3, -0.25) is 0 Å². The molecule has 0 amide bonds. The molecule has 0 bridgehead atoms. The molecule has 38 valence electrons. The largest absolute Gasteiger partial charge is 0.394 e. The number of methoxy groups -OCH3 is 1. The van der Waals surface area contributed by atoms with E-state index < -0.39 is 0 Å². The van der Waals surface area contributed by atoms with Gasteiger partial charge in [0.05, 0.1) is 13.2 Å². The molecular weight excluding hydrogens is 82.0 g/mol. The minimum Gasteiger partial charge on any atom is -0.394 e. The first-order valence-electron chi connectivity index (χ1n) is 1.51. The number of hydrogen-bond acceptors (Lipinski definition) is 2. The van der Waals surface area contributed by atoms with Crippen LogP contribution in [0.15, 0.2) is 0 Å². The molecule has 0 fully saturated rings. The molecule has 0 aromatic heterocycles. The maximum atomic E-state index is 7.94. The van der Waals surface area contributed by atoms with Crippen LogP contribution in [0.2, 0.25) is 0 Å². The second-order valence-electron chi connectivity index (χ2n) is 0.716. The summed E-state index contributed by atoms with van der Waals surface area (Å²) in [5.41, 5.74) is 0. The zero-order valence-electron chi connectivity index (χ0n) is 3.77. The van der Waals surface area contributed by atoms with Crippen LogP contribution in [-0.2, 0) is 4.74 Å². The summed E-state index contributed by atoms with van der Waals surface area (Å²) in [6.07, 6.45) is 0. The van der Waals surface area contributed by atoms with Crippen molar-refractivity contribution in [3.8, 4) is 0 Å². The first-order valence-corrected chi connectivity index (χ1v) is 1.51. The van der Waals surface area contributed by atoms with Crippen LogP contribution in [0.3, 0.4) is 0 Å². The number of ether oxygens (including phenoxy) is 1. The standard InChI is InChI=1S/C3H8O2.HN/c1-5-3-2-4;/h4H,2-3H2,1H3;1H. The Morgan fingerprint density at radius 3 is 2.17 bits per heavy atom. The van der Waals surface area contributed by atoms with Crippen LogP contribution < -0.4 is 6.15 Å². The Hall–Kier alpha value is -0.120. The van der Waals surface area contributed by atoms with Gasteiger partial charge in [0.1, 0.15) is 0 Å². The van der Waals surface area contributed by atoms with Crippen LogP contribution in [0.1, 0.15) is 0 Å². The van der Waals surface area contributed by atoms with Crippen molar-refractivity contribution in [3.05, 3.63) is 0 Å². The van der Waals surface area contributed by atoms with E-state index in [0.717, 1.165) is 0 Å². The highest BCUT2D eigenvalue weighted by atomic mass is 16.5. The fraction of sp³-hybridized carbons (Fsp3) is 1.00. The molecule has 0 heterocycles. The summed E-state index contributed by atoms with van der Waals surface area (Å²) in [6, 6.07) is 0. The van der Waals surface area contributed by atoms with Crippen molar-refractivity contribution in [1.82, 2.24) is 6.15 Å². The van der Waals surface area contributed by atoms with Gasteiger partial charge in [0.15, 0.2) is 0 Å². The van der Waals surface area contributed by atoms with E-state index in [2.05, 4.69) is 4.74 Å². The zero-order valence-corrected chi connectivity index (χ0v) is 3.77. The Labute approximate surface area is 37.5 Å². The highest BCUT2D eigenvalue weighted by Gasteiger charge is 1.67. The molecule has 0 aliphatic heterocycles. The normalized spacial score (nSPS) is 7.00. The fourth-order valence-electron chi connectivity index (χ4n) is 0.0913. The average molecular weight is 91.1 g/mol. The lowest BCUT2D eigenvalue weighted by Gasteiger charge is -1.84. The minimum absolute atomic E-state index is 0. The molecule has 0 saturated heterocycles. The van der Waals surface area contributed by atoms with Gasteiger partial charge in [0.25, 0.3) is 0 Å². The molecule has 0 aliphatic carbocycles. The first-order chi connectivity index (χ1) is 2.41. The molecule has 0 unspecified atom stereocenters. The predicted octanol–water partition coefficient (Wildman–Crippen LogP) is -0.641. The summed E-state index contributed by atoms with van der Waals surface area (Å²) in [6.45, 7) is 0.566. The average Bonchev–Trinajstić information content (AvgIpc) is 1.41. The molecule has 3 nitrogen and oxygen atoms in total. The van der Waals surface area contributed by atoms with E-state index in [9.17, 15) is 0 Å². The molecule has 0 aliphatic rings. The smallest absolute Gasteiger partial charge is 0.0693 e. The van der Waals surface area contributed by atoms with Crippen LogP contribution in [0.4, 0.5) is 0 Å². The van der Waals surface area contributed by atoms with E-state index in [-0.39, 0.29) is 12.8 Å². The summed E-state index contributed by atoms with van der Waals surface area (Å²) in [4.78, 5) is 0.